The predicted molar refractivity (Wildman–Crippen MR) is 185 cm³/mol. The van der Waals surface area contributed by atoms with E-state index in [2.05, 4.69) is 78.8 Å². The van der Waals surface area contributed by atoms with Gasteiger partial charge in [0, 0.05) is 11.8 Å². The summed E-state index contributed by atoms with van der Waals surface area (Å²) in [5.41, 5.74) is 3.34. The number of benzene rings is 2. The minimum atomic E-state index is -0.546. The maximum absolute atomic E-state index is 14.4. The zero-order valence-electron chi connectivity index (χ0n) is 29.5. The molecule has 3 heteroatoms. The van der Waals surface area contributed by atoms with Gasteiger partial charge in [-0.3, -0.25) is 9.59 Å². The van der Waals surface area contributed by atoms with Gasteiger partial charge in [-0.25, -0.2) is 0 Å². The van der Waals surface area contributed by atoms with E-state index in [1.165, 1.54) is 19.3 Å². The normalized spacial score (nSPS) is 41.3. The summed E-state index contributed by atoms with van der Waals surface area (Å²) in [5.74, 6) is 1.64. The standard InChI is InChI=1S/C43H56O3/c1-38(2)22-21-35(44)43(7)33(38)20-23-42(6)34(43)19-18-31-32-28-40(4,25-24-39(32,3)26-27-41(31,42)5)37(45)46-36(29-14-10-8-11-15-29)30-16-12-9-13-17-30/h8-18,32-34,36H,19-28H2,1-7H3/t32-,33?,34+,39-,40?,41-,42-,43+/m1/s1. The lowest BCUT2D eigenvalue weighted by atomic mass is 9.33. The molecule has 46 heavy (non-hydrogen) atoms. The highest BCUT2D eigenvalue weighted by Crippen LogP contribution is 2.75. The Bertz CT molecular complexity index is 1500. The molecule has 7 rings (SSSR count). The van der Waals surface area contributed by atoms with Crippen LogP contribution in [0.3, 0.4) is 0 Å². The van der Waals surface area contributed by atoms with Crippen LogP contribution >= 0.6 is 0 Å². The summed E-state index contributed by atoms with van der Waals surface area (Å²) in [6.45, 7) is 17.0. The number of hydrogen-bond donors (Lipinski definition) is 0. The van der Waals surface area contributed by atoms with Gasteiger partial charge in [0.2, 0.25) is 0 Å². The number of rotatable bonds is 4. The average molecular weight is 621 g/mol. The second-order valence-corrected chi connectivity index (χ2v) is 18.1. The molecule has 0 saturated heterocycles. The van der Waals surface area contributed by atoms with Crippen molar-refractivity contribution < 1.29 is 14.3 Å². The Labute approximate surface area is 278 Å². The lowest BCUT2D eigenvalue weighted by Crippen LogP contribution is -2.65. The van der Waals surface area contributed by atoms with E-state index in [4.69, 9.17) is 4.74 Å². The summed E-state index contributed by atoms with van der Waals surface area (Å²) >= 11 is 0. The van der Waals surface area contributed by atoms with Crippen molar-refractivity contribution in [1.29, 1.82) is 0 Å². The summed E-state index contributed by atoms with van der Waals surface area (Å²) in [5, 5.41) is 0. The first-order valence-corrected chi connectivity index (χ1v) is 18.2. The van der Waals surface area contributed by atoms with Crippen LogP contribution in [-0.2, 0) is 14.3 Å². The number of ether oxygens (including phenoxy) is 1. The van der Waals surface area contributed by atoms with Crippen LogP contribution in [0.5, 0.6) is 0 Å². The van der Waals surface area contributed by atoms with E-state index in [0.717, 1.165) is 56.1 Å². The Balaban J connectivity index is 1.21. The van der Waals surface area contributed by atoms with Crippen LogP contribution in [0, 0.1) is 50.2 Å². The lowest BCUT2D eigenvalue weighted by Gasteiger charge is -2.70. The molecule has 0 aliphatic heterocycles. The molecule has 246 valence electrons. The first kappa shape index (κ1) is 31.9. The van der Waals surface area contributed by atoms with E-state index in [-0.39, 0.29) is 33.0 Å². The second-order valence-electron chi connectivity index (χ2n) is 18.1. The Kier molecular flexibility index (Phi) is 7.39. The number of fused-ring (bicyclic) bond motifs is 7. The molecule has 2 aromatic rings. The monoisotopic (exact) mass is 620 g/mol. The smallest absolute Gasteiger partial charge is 0.312 e. The first-order chi connectivity index (χ1) is 21.7. The van der Waals surface area contributed by atoms with Crippen molar-refractivity contribution in [2.75, 3.05) is 0 Å². The maximum Gasteiger partial charge on any atom is 0.312 e. The number of hydrogen-bond acceptors (Lipinski definition) is 3. The Hall–Kier alpha value is -2.68. The zero-order chi connectivity index (χ0) is 32.8. The minimum Gasteiger partial charge on any atom is -0.452 e. The second kappa shape index (κ2) is 10.7. The molecule has 2 unspecified atom stereocenters. The number of carbonyl (C=O) groups excluding carboxylic acids is 2. The van der Waals surface area contributed by atoms with E-state index in [0.29, 0.717) is 23.5 Å². The topological polar surface area (TPSA) is 43.4 Å². The molecule has 0 amide bonds. The minimum absolute atomic E-state index is 0.0364. The molecule has 2 aromatic carbocycles. The fourth-order valence-electron chi connectivity index (χ4n) is 12.1. The van der Waals surface area contributed by atoms with E-state index in [1.807, 2.05) is 36.4 Å². The molecule has 0 spiro atoms. The molecule has 0 radical (unpaired) electrons. The Morgan fingerprint density at radius 1 is 0.761 bits per heavy atom. The lowest BCUT2D eigenvalue weighted by molar-refractivity contribution is -0.188. The number of esters is 1. The Morgan fingerprint density at radius 2 is 1.37 bits per heavy atom. The van der Waals surface area contributed by atoms with Crippen LogP contribution in [0.25, 0.3) is 0 Å². The Morgan fingerprint density at radius 3 is 2.00 bits per heavy atom. The van der Waals surface area contributed by atoms with Crippen molar-refractivity contribution in [2.24, 2.45) is 50.2 Å². The van der Waals surface area contributed by atoms with Gasteiger partial charge in [0.05, 0.1) is 5.41 Å². The third-order valence-corrected chi connectivity index (χ3v) is 15.4. The van der Waals surface area contributed by atoms with Crippen molar-refractivity contribution in [3.8, 4) is 0 Å². The molecule has 8 atom stereocenters. The van der Waals surface area contributed by atoms with Gasteiger partial charge in [0.1, 0.15) is 5.78 Å². The van der Waals surface area contributed by atoms with Gasteiger partial charge in [-0.1, -0.05) is 114 Å². The van der Waals surface area contributed by atoms with E-state index >= 15 is 0 Å². The summed E-state index contributed by atoms with van der Waals surface area (Å²) in [6, 6.07) is 20.4. The third kappa shape index (κ3) is 4.49. The van der Waals surface area contributed by atoms with Gasteiger partial charge < -0.3 is 4.74 Å². The summed E-state index contributed by atoms with van der Waals surface area (Å²) < 4.78 is 6.55. The average Bonchev–Trinajstić information content (AvgIpc) is 3.04. The summed E-state index contributed by atoms with van der Waals surface area (Å²) in [6.07, 6.45) is 12.4. The number of allylic oxidation sites excluding steroid dienone is 2. The summed E-state index contributed by atoms with van der Waals surface area (Å²) in [7, 11) is 0. The van der Waals surface area contributed by atoms with Crippen LogP contribution in [-0.4, -0.2) is 11.8 Å². The molecular formula is C43H56O3. The van der Waals surface area contributed by atoms with Crippen molar-refractivity contribution in [1.82, 2.24) is 0 Å². The van der Waals surface area contributed by atoms with E-state index in [1.54, 1.807) is 5.57 Å². The van der Waals surface area contributed by atoms with Crippen LogP contribution in [0.4, 0.5) is 0 Å². The van der Waals surface area contributed by atoms with Crippen LogP contribution in [0.2, 0.25) is 0 Å². The van der Waals surface area contributed by atoms with Crippen LogP contribution in [0.1, 0.15) is 130 Å². The van der Waals surface area contributed by atoms with E-state index in [9.17, 15) is 9.59 Å². The highest BCUT2D eigenvalue weighted by atomic mass is 16.5. The van der Waals surface area contributed by atoms with Crippen molar-refractivity contribution in [3.63, 3.8) is 0 Å². The molecule has 0 bridgehead atoms. The number of ketones is 1. The van der Waals surface area contributed by atoms with Gasteiger partial charge in [-0.05, 0) is 115 Å². The predicted octanol–water partition coefficient (Wildman–Crippen LogP) is 10.7. The SMILES string of the molecule is CC1(C(=O)OC(c2ccccc2)c2ccccc2)CC[C@]2(C)CC[C@]3(C)C(=CC[C@@H]4[C@@]5(C)C(=O)CCC(C)(C)C5CC[C@]43C)[C@H]2C1. The van der Waals surface area contributed by atoms with Crippen LogP contribution in [0.15, 0.2) is 72.3 Å². The molecule has 0 heterocycles. The highest BCUT2D eigenvalue weighted by Gasteiger charge is 2.69. The molecule has 0 aromatic heterocycles. The maximum atomic E-state index is 14.4. The summed E-state index contributed by atoms with van der Waals surface area (Å²) in [4.78, 5) is 28.4. The van der Waals surface area contributed by atoms with Gasteiger partial charge >= 0.3 is 5.97 Å². The molecule has 5 aliphatic carbocycles. The number of carbonyl (C=O) groups is 2. The van der Waals surface area contributed by atoms with Gasteiger partial charge in [-0.2, -0.15) is 0 Å². The quantitative estimate of drug-likeness (QED) is 0.252. The van der Waals surface area contributed by atoms with Gasteiger partial charge in [0.15, 0.2) is 6.10 Å². The molecule has 4 fully saturated rings. The van der Waals surface area contributed by atoms with Gasteiger partial charge in [-0.15, -0.1) is 0 Å². The molecular weight excluding hydrogens is 564 g/mol. The van der Waals surface area contributed by atoms with E-state index < -0.39 is 11.5 Å². The zero-order valence-corrected chi connectivity index (χ0v) is 29.5. The van der Waals surface area contributed by atoms with Crippen molar-refractivity contribution in [2.45, 2.75) is 119 Å². The molecule has 4 saturated carbocycles. The first-order valence-electron chi connectivity index (χ1n) is 18.2. The molecule has 5 aliphatic rings. The largest absolute Gasteiger partial charge is 0.452 e. The van der Waals surface area contributed by atoms with Gasteiger partial charge in [0.25, 0.3) is 0 Å². The van der Waals surface area contributed by atoms with Crippen molar-refractivity contribution in [3.05, 3.63) is 83.4 Å². The number of Topliss-reactive ketones (excluding diaryl/α,β-unsaturated/α-hetero) is 1. The fourth-order valence-corrected chi connectivity index (χ4v) is 12.1. The van der Waals surface area contributed by atoms with Crippen molar-refractivity contribution >= 4 is 11.8 Å². The molecule has 0 N–H and O–H groups in total. The van der Waals surface area contributed by atoms with Crippen LogP contribution < -0.4 is 0 Å². The fraction of sp³-hybridized carbons (Fsp3) is 0.628. The molecule has 3 nitrogen and oxygen atoms in total. The highest BCUT2D eigenvalue weighted by molar-refractivity contribution is 5.86. The third-order valence-electron chi connectivity index (χ3n) is 15.4.